The minimum Gasteiger partial charge on any atom is -0.475 e. The first-order valence-corrected chi connectivity index (χ1v) is 6.34. The minimum absolute atomic E-state index is 0.114. The van der Waals surface area contributed by atoms with E-state index in [0.717, 1.165) is 0 Å². The van der Waals surface area contributed by atoms with Gasteiger partial charge in [-0.2, -0.15) is 4.98 Å². The van der Waals surface area contributed by atoms with Crippen molar-refractivity contribution in [1.29, 1.82) is 0 Å². The first kappa shape index (κ1) is 13.2. The SMILES string of the molecule is CCc1nc(OCCO)c2cc(Br)cc(F)c2n1. The number of aliphatic hydroxyl groups is 1. The van der Waals surface area contributed by atoms with E-state index in [-0.39, 0.29) is 18.7 Å². The zero-order valence-electron chi connectivity index (χ0n) is 9.78. The van der Waals surface area contributed by atoms with Gasteiger partial charge in [-0.05, 0) is 12.1 Å². The van der Waals surface area contributed by atoms with Gasteiger partial charge in [-0.1, -0.05) is 22.9 Å². The molecule has 4 nitrogen and oxygen atoms in total. The van der Waals surface area contributed by atoms with E-state index in [1.807, 2.05) is 6.92 Å². The van der Waals surface area contributed by atoms with E-state index in [1.165, 1.54) is 6.07 Å². The maximum absolute atomic E-state index is 13.8. The monoisotopic (exact) mass is 314 g/mol. The fraction of sp³-hybridized carbons (Fsp3) is 0.333. The molecule has 0 aliphatic heterocycles. The van der Waals surface area contributed by atoms with Gasteiger partial charge in [0.15, 0.2) is 5.82 Å². The second-order valence-electron chi connectivity index (χ2n) is 3.65. The molecule has 0 amide bonds. The van der Waals surface area contributed by atoms with Crippen molar-refractivity contribution in [3.63, 3.8) is 0 Å². The highest BCUT2D eigenvalue weighted by Crippen LogP contribution is 2.28. The lowest BCUT2D eigenvalue weighted by atomic mass is 10.2. The fourth-order valence-corrected chi connectivity index (χ4v) is 2.01. The molecule has 18 heavy (non-hydrogen) atoms. The number of nitrogens with zero attached hydrogens (tertiary/aromatic N) is 2. The van der Waals surface area contributed by atoms with Crippen LogP contribution in [0.15, 0.2) is 16.6 Å². The molecular formula is C12H12BrFN2O2. The van der Waals surface area contributed by atoms with Crippen LogP contribution < -0.4 is 4.74 Å². The van der Waals surface area contributed by atoms with Gasteiger partial charge < -0.3 is 9.84 Å². The van der Waals surface area contributed by atoms with Crippen LogP contribution >= 0.6 is 15.9 Å². The van der Waals surface area contributed by atoms with Crippen molar-refractivity contribution >= 4 is 26.8 Å². The Bertz CT molecular complexity index is 577. The van der Waals surface area contributed by atoms with Crippen molar-refractivity contribution in [3.8, 4) is 5.88 Å². The van der Waals surface area contributed by atoms with E-state index < -0.39 is 5.82 Å². The zero-order chi connectivity index (χ0) is 13.1. The lowest BCUT2D eigenvalue weighted by Crippen LogP contribution is -2.06. The van der Waals surface area contributed by atoms with Crippen LogP contribution in [0.1, 0.15) is 12.7 Å². The summed E-state index contributed by atoms with van der Waals surface area (Å²) >= 11 is 3.22. The van der Waals surface area contributed by atoms with Crippen LogP contribution in [0, 0.1) is 5.82 Å². The molecule has 6 heteroatoms. The molecule has 1 aromatic carbocycles. The van der Waals surface area contributed by atoms with Gasteiger partial charge in [0.25, 0.3) is 0 Å². The molecule has 0 fully saturated rings. The smallest absolute Gasteiger partial charge is 0.224 e. The quantitative estimate of drug-likeness (QED) is 0.942. The largest absolute Gasteiger partial charge is 0.475 e. The highest BCUT2D eigenvalue weighted by molar-refractivity contribution is 9.10. The van der Waals surface area contributed by atoms with Crippen molar-refractivity contribution in [1.82, 2.24) is 9.97 Å². The second kappa shape index (κ2) is 5.58. The summed E-state index contributed by atoms with van der Waals surface area (Å²) in [6, 6.07) is 3.05. The third-order valence-corrected chi connectivity index (χ3v) is 2.83. The van der Waals surface area contributed by atoms with Gasteiger partial charge in [0.05, 0.1) is 12.0 Å². The molecule has 1 heterocycles. The van der Waals surface area contributed by atoms with E-state index in [9.17, 15) is 4.39 Å². The number of hydrogen-bond acceptors (Lipinski definition) is 4. The van der Waals surface area contributed by atoms with Crippen molar-refractivity contribution in [3.05, 3.63) is 28.2 Å². The molecule has 2 aromatic rings. The number of halogens is 2. The molecule has 2 rings (SSSR count). The van der Waals surface area contributed by atoms with Crippen molar-refractivity contribution in [2.45, 2.75) is 13.3 Å². The van der Waals surface area contributed by atoms with Gasteiger partial charge in [0, 0.05) is 10.9 Å². The second-order valence-corrected chi connectivity index (χ2v) is 4.57. The molecule has 0 saturated carbocycles. The molecule has 0 radical (unpaired) electrons. The highest BCUT2D eigenvalue weighted by atomic mass is 79.9. The normalized spacial score (nSPS) is 10.9. The Morgan fingerprint density at radius 2 is 2.17 bits per heavy atom. The van der Waals surface area contributed by atoms with Crippen molar-refractivity contribution < 1.29 is 14.2 Å². The maximum Gasteiger partial charge on any atom is 0.224 e. The van der Waals surface area contributed by atoms with Crippen LogP contribution in [-0.2, 0) is 6.42 Å². The number of fused-ring (bicyclic) bond motifs is 1. The fourth-order valence-electron chi connectivity index (χ4n) is 1.58. The molecule has 0 spiro atoms. The summed E-state index contributed by atoms with van der Waals surface area (Å²) in [5.41, 5.74) is 0.234. The van der Waals surface area contributed by atoms with Crippen LogP contribution in [0.3, 0.4) is 0 Å². The average molecular weight is 315 g/mol. The number of ether oxygens (including phenoxy) is 1. The molecule has 0 unspecified atom stereocenters. The van der Waals surface area contributed by atoms with Gasteiger partial charge in [0.2, 0.25) is 5.88 Å². The van der Waals surface area contributed by atoms with Crippen LogP contribution in [0.25, 0.3) is 10.9 Å². The van der Waals surface area contributed by atoms with Gasteiger partial charge in [-0.25, -0.2) is 9.37 Å². The Morgan fingerprint density at radius 1 is 1.39 bits per heavy atom. The summed E-state index contributed by atoms with van der Waals surface area (Å²) in [5.74, 6) is 0.382. The van der Waals surface area contributed by atoms with Gasteiger partial charge in [-0.15, -0.1) is 0 Å². The Labute approximate surface area is 112 Å². The molecule has 0 atom stereocenters. The van der Waals surface area contributed by atoms with Crippen molar-refractivity contribution in [2.24, 2.45) is 0 Å². The predicted octanol–water partition coefficient (Wildman–Crippen LogP) is 2.46. The highest BCUT2D eigenvalue weighted by Gasteiger charge is 2.13. The number of aromatic nitrogens is 2. The number of benzene rings is 1. The van der Waals surface area contributed by atoms with Gasteiger partial charge in [0.1, 0.15) is 17.9 Å². The summed E-state index contributed by atoms with van der Waals surface area (Å²) in [5, 5.41) is 9.28. The molecule has 96 valence electrons. The van der Waals surface area contributed by atoms with E-state index in [1.54, 1.807) is 6.07 Å². The Balaban J connectivity index is 2.64. The van der Waals surface area contributed by atoms with E-state index >= 15 is 0 Å². The lowest BCUT2D eigenvalue weighted by molar-refractivity contribution is 0.198. The van der Waals surface area contributed by atoms with Crippen LogP contribution in [0.4, 0.5) is 4.39 Å². The van der Waals surface area contributed by atoms with Crippen LogP contribution in [-0.4, -0.2) is 28.3 Å². The van der Waals surface area contributed by atoms with Crippen LogP contribution in [0.2, 0.25) is 0 Å². The average Bonchev–Trinajstić information content (AvgIpc) is 2.36. The number of aliphatic hydroxyl groups excluding tert-OH is 1. The molecule has 0 aliphatic rings. The van der Waals surface area contributed by atoms with E-state index in [4.69, 9.17) is 9.84 Å². The van der Waals surface area contributed by atoms with Crippen LogP contribution in [0.5, 0.6) is 5.88 Å². The maximum atomic E-state index is 13.8. The lowest BCUT2D eigenvalue weighted by Gasteiger charge is -2.09. The first-order valence-electron chi connectivity index (χ1n) is 5.55. The molecule has 0 bridgehead atoms. The molecule has 0 aliphatic carbocycles. The third kappa shape index (κ3) is 2.59. The standard InChI is InChI=1S/C12H12BrFN2O2/c1-2-10-15-11-8(5-7(13)6-9(11)14)12(16-10)18-4-3-17/h5-6,17H,2-4H2,1H3. The number of rotatable bonds is 4. The summed E-state index contributed by atoms with van der Waals surface area (Å²) in [4.78, 5) is 8.36. The molecule has 1 N–H and O–H groups in total. The van der Waals surface area contributed by atoms with E-state index in [2.05, 4.69) is 25.9 Å². The molecule has 0 saturated heterocycles. The summed E-state index contributed by atoms with van der Waals surface area (Å²) in [6.07, 6.45) is 0.584. The van der Waals surface area contributed by atoms with Crippen molar-refractivity contribution in [2.75, 3.05) is 13.2 Å². The molecular weight excluding hydrogens is 303 g/mol. The Kier molecular flexibility index (Phi) is 4.08. The summed E-state index contributed by atoms with van der Waals surface area (Å²) in [6.45, 7) is 1.88. The third-order valence-electron chi connectivity index (χ3n) is 2.38. The summed E-state index contributed by atoms with van der Waals surface area (Å²) in [7, 11) is 0. The minimum atomic E-state index is -0.426. The van der Waals surface area contributed by atoms with E-state index in [0.29, 0.717) is 28.0 Å². The first-order chi connectivity index (χ1) is 8.65. The van der Waals surface area contributed by atoms with Gasteiger partial charge in [-0.3, -0.25) is 0 Å². The number of aryl methyl sites for hydroxylation is 1. The summed E-state index contributed by atoms with van der Waals surface area (Å²) < 4.78 is 19.8. The van der Waals surface area contributed by atoms with Gasteiger partial charge >= 0.3 is 0 Å². The molecule has 1 aromatic heterocycles. The zero-order valence-corrected chi connectivity index (χ0v) is 11.4. The Hall–Kier alpha value is -1.27. The number of hydrogen-bond donors (Lipinski definition) is 1. The predicted molar refractivity (Wildman–Crippen MR) is 69.2 cm³/mol. The Morgan fingerprint density at radius 3 is 2.83 bits per heavy atom. The topological polar surface area (TPSA) is 55.2 Å².